The van der Waals surface area contributed by atoms with Gasteiger partial charge in [0.2, 0.25) is 0 Å². The molecule has 1 aliphatic carbocycles. The van der Waals surface area contributed by atoms with E-state index in [1.807, 2.05) is 0 Å². The van der Waals surface area contributed by atoms with Crippen molar-refractivity contribution in [3.8, 4) is 5.75 Å². The second-order valence-corrected chi connectivity index (χ2v) is 6.71. The quantitative estimate of drug-likeness (QED) is 0.861. The largest absolute Gasteiger partial charge is 0.493 e. The fourth-order valence-corrected chi connectivity index (χ4v) is 2.17. The first kappa shape index (κ1) is 12.4. The summed E-state index contributed by atoms with van der Waals surface area (Å²) in [4.78, 5) is 0.285. The fraction of sp³-hybridized carbons (Fsp3) is 0.500. The molecular formula is C12H16O4S. The third kappa shape index (κ3) is 2.98. The van der Waals surface area contributed by atoms with E-state index in [0.29, 0.717) is 12.4 Å². The Labute approximate surface area is 101 Å². The van der Waals surface area contributed by atoms with E-state index in [9.17, 15) is 8.42 Å². The molecular weight excluding hydrogens is 240 g/mol. The van der Waals surface area contributed by atoms with E-state index in [1.54, 1.807) is 12.1 Å². The molecule has 0 aliphatic heterocycles. The van der Waals surface area contributed by atoms with Crippen LogP contribution in [0.2, 0.25) is 0 Å². The lowest BCUT2D eigenvalue weighted by molar-refractivity contribution is 0.146. The van der Waals surface area contributed by atoms with Gasteiger partial charge in [0.15, 0.2) is 9.84 Å². The normalized spacial score (nSPS) is 17.8. The minimum Gasteiger partial charge on any atom is -0.493 e. The highest BCUT2D eigenvalue weighted by Gasteiger charge is 2.42. The number of benzene rings is 1. The van der Waals surface area contributed by atoms with E-state index >= 15 is 0 Å². The molecule has 0 aromatic heterocycles. The molecule has 0 radical (unpaired) electrons. The Balaban J connectivity index is 1.99. The Morgan fingerprint density at radius 3 is 2.29 bits per heavy atom. The van der Waals surface area contributed by atoms with Crippen molar-refractivity contribution in [3.05, 3.63) is 24.3 Å². The van der Waals surface area contributed by atoms with Crippen LogP contribution in [0.5, 0.6) is 5.75 Å². The van der Waals surface area contributed by atoms with Gasteiger partial charge in [0.05, 0.1) is 18.1 Å². The molecule has 0 unspecified atom stereocenters. The minimum absolute atomic E-state index is 0.0600. The van der Waals surface area contributed by atoms with Gasteiger partial charge in [0.1, 0.15) is 5.75 Å². The Kier molecular flexibility index (Phi) is 3.14. The third-order valence-electron chi connectivity index (χ3n) is 3.09. The van der Waals surface area contributed by atoms with Crippen LogP contribution < -0.4 is 4.74 Å². The summed E-state index contributed by atoms with van der Waals surface area (Å²) in [5.41, 5.74) is -0.0600. The predicted octanol–water partition coefficient (Wildman–Crippen LogP) is 1.24. The molecule has 2 rings (SSSR count). The maximum atomic E-state index is 11.2. The minimum atomic E-state index is -3.15. The van der Waals surface area contributed by atoms with Crippen molar-refractivity contribution in [1.82, 2.24) is 0 Å². The number of sulfone groups is 1. The zero-order valence-electron chi connectivity index (χ0n) is 9.72. The summed E-state index contributed by atoms with van der Waals surface area (Å²) in [6.45, 7) is 0.635. The summed E-state index contributed by atoms with van der Waals surface area (Å²) in [5, 5.41) is 9.13. The summed E-state index contributed by atoms with van der Waals surface area (Å²) in [7, 11) is -3.15. The molecule has 0 saturated heterocycles. The van der Waals surface area contributed by atoms with Crippen molar-refractivity contribution in [2.24, 2.45) is 5.41 Å². The van der Waals surface area contributed by atoms with Crippen LogP contribution in [0.15, 0.2) is 29.2 Å². The molecule has 94 valence electrons. The van der Waals surface area contributed by atoms with Crippen LogP contribution in [-0.2, 0) is 9.84 Å². The number of aliphatic hydroxyl groups excluding tert-OH is 1. The van der Waals surface area contributed by atoms with E-state index in [0.717, 1.165) is 12.8 Å². The number of hydrogen-bond acceptors (Lipinski definition) is 4. The van der Waals surface area contributed by atoms with E-state index in [-0.39, 0.29) is 16.9 Å². The molecule has 0 amide bonds. The van der Waals surface area contributed by atoms with Gasteiger partial charge in [0.25, 0.3) is 0 Å². The molecule has 1 aromatic rings. The van der Waals surface area contributed by atoms with Crippen LogP contribution in [0, 0.1) is 5.41 Å². The lowest BCUT2D eigenvalue weighted by Crippen LogP contribution is -2.17. The van der Waals surface area contributed by atoms with Crippen molar-refractivity contribution in [1.29, 1.82) is 0 Å². The van der Waals surface area contributed by atoms with Gasteiger partial charge in [-0.15, -0.1) is 0 Å². The van der Waals surface area contributed by atoms with Gasteiger partial charge in [-0.2, -0.15) is 0 Å². The Bertz CT molecular complexity index is 486. The van der Waals surface area contributed by atoms with Gasteiger partial charge in [0, 0.05) is 11.7 Å². The third-order valence-corrected chi connectivity index (χ3v) is 4.22. The Morgan fingerprint density at radius 2 is 1.88 bits per heavy atom. The molecule has 1 aromatic carbocycles. The first-order valence-corrected chi connectivity index (χ1v) is 7.38. The molecule has 5 heteroatoms. The van der Waals surface area contributed by atoms with Gasteiger partial charge >= 0.3 is 0 Å². The van der Waals surface area contributed by atoms with Crippen LogP contribution in [0.4, 0.5) is 0 Å². The first-order valence-electron chi connectivity index (χ1n) is 5.49. The lowest BCUT2D eigenvalue weighted by atomic mass is 10.1. The average Bonchev–Trinajstić information content (AvgIpc) is 3.06. The van der Waals surface area contributed by atoms with Crippen molar-refractivity contribution < 1.29 is 18.3 Å². The van der Waals surface area contributed by atoms with Crippen LogP contribution in [0.3, 0.4) is 0 Å². The smallest absolute Gasteiger partial charge is 0.175 e. The second kappa shape index (κ2) is 4.31. The highest BCUT2D eigenvalue weighted by molar-refractivity contribution is 7.90. The van der Waals surface area contributed by atoms with Gasteiger partial charge in [-0.05, 0) is 37.1 Å². The maximum Gasteiger partial charge on any atom is 0.175 e. The molecule has 0 spiro atoms. The molecule has 0 bridgehead atoms. The summed E-state index contributed by atoms with van der Waals surface area (Å²) in [6, 6.07) is 6.35. The highest BCUT2D eigenvalue weighted by Crippen LogP contribution is 2.45. The average molecular weight is 256 g/mol. The van der Waals surface area contributed by atoms with Gasteiger partial charge in [-0.1, -0.05) is 0 Å². The molecule has 1 fully saturated rings. The fourth-order valence-electron chi connectivity index (χ4n) is 1.54. The zero-order valence-corrected chi connectivity index (χ0v) is 10.5. The summed E-state index contributed by atoms with van der Waals surface area (Å²) >= 11 is 0. The van der Waals surface area contributed by atoms with E-state index < -0.39 is 9.84 Å². The van der Waals surface area contributed by atoms with Crippen LogP contribution >= 0.6 is 0 Å². The first-order chi connectivity index (χ1) is 7.95. The van der Waals surface area contributed by atoms with E-state index in [4.69, 9.17) is 9.84 Å². The molecule has 1 saturated carbocycles. The zero-order chi connectivity index (χ0) is 12.5. The van der Waals surface area contributed by atoms with Crippen molar-refractivity contribution in [2.45, 2.75) is 17.7 Å². The molecule has 1 N–H and O–H groups in total. The van der Waals surface area contributed by atoms with Crippen molar-refractivity contribution in [2.75, 3.05) is 19.5 Å². The predicted molar refractivity (Wildman–Crippen MR) is 63.8 cm³/mol. The highest BCUT2D eigenvalue weighted by atomic mass is 32.2. The van der Waals surface area contributed by atoms with E-state index in [2.05, 4.69) is 0 Å². The number of ether oxygens (including phenoxy) is 1. The molecule has 17 heavy (non-hydrogen) atoms. The topological polar surface area (TPSA) is 63.6 Å². The number of rotatable bonds is 5. The number of aliphatic hydroxyl groups is 1. The molecule has 4 nitrogen and oxygen atoms in total. The second-order valence-electron chi connectivity index (χ2n) is 4.69. The van der Waals surface area contributed by atoms with Gasteiger partial charge < -0.3 is 9.84 Å². The monoisotopic (exact) mass is 256 g/mol. The summed E-state index contributed by atoms with van der Waals surface area (Å²) < 4.78 is 28.0. The SMILES string of the molecule is CS(=O)(=O)c1ccc(OCC2(CO)CC2)cc1. The maximum absolute atomic E-state index is 11.2. The summed E-state index contributed by atoms with van der Waals surface area (Å²) in [6.07, 6.45) is 3.16. The standard InChI is InChI=1S/C12H16O4S/c1-17(14,15)11-4-2-10(3-5-11)16-9-12(8-13)6-7-12/h2-5,13H,6-9H2,1H3. The Hall–Kier alpha value is -1.07. The van der Waals surface area contributed by atoms with Gasteiger partial charge in [-0.3, -0.25) is 0 Å². The van der Waals surface area contributed by atoms with Crippen LogP contribution in [0.1, 0.15) is 12.8 Å². The molecule has 1 aliphatic rings. The van der Waals surface area contributed by atoms with E-state index in [1.165, 1.54) is 18.4 Å². The molecule has 0 heterocycles. The van der Waals surface area contributed by atoms with Crippen molar-refractivity contribution >= 4 is 9.84 Å². The van der Waals surface area contributed by atoms with Crippen LogP contribution in [0.25, 0.3) is 0 Å². The van der Waals surface area contributed by atoms with Gasteiger partial charge in [-0.25, -0.2) is 8.42 Å². The number of hydrogen-bond donors (Lipinski definition) is 1. The summed E-state index contributed by atoms with van der Waals surface area (Å²) in [5.74, 6) is 0.636. The lowest BCUT2D eigenvalue weighted by Gasteiger charge is -2.13. The Morgan fingerprint density at radius 1 is 1.29 bits per heavy atom. The van der Waals surface area contributed by atoms with Crippen LogP contribution in [-0.4, -0.2) is 33.0 Å². The van der Waals surface area contributed by atoms with Crippen molar-refractivity contribution in [3.63, 3.8) is 0 Å². The molecule has 0 atom stereocenters.